The molecule has 0 aliphatic heterocycles. The molecule has 0 N–H and O–H groups in total. The van der Waals surface area contributed by atoms with Crippen LogP contribution in [-0.2, 0) is 0 Å². The second kappa shape index (κ2) is 7.14. The molecule has 128 valence electrons. The van der Waals surface area contributed by atoms with Gasteiger partial charge in [0.15, 0.2) is 0 Å². The monoisotopic (exact) mass is 357 g/mol. The maximum atomic E-state index is 5.29. The van der Waals surface area contributed by atoms with Crippen LogP contribution in [0, 0.1) is 6.92 Å². The molecule has 0 aliphatic carbocycles. The number of methoxy groups -OCH3 is 1. The summed E-state index contributed by atoms with van der Waals surface area (Å²) in [5.41, 5.74) is 5.71. The summed E-state index contributed by atoms with van der Waals surface area (Å²) in [5, 5.41) is 1.04. The van der Waals surface area contributed by atoms with Gasteiger partial charge in [-0.25, -0.2) is 4.98 Å². The third-order valence-electron chi connectivity index (χ3n) is 4.29. The van der Waals surface area contributed by atoms with Gasteiger partial charge in [-0.3, -0.25) is 0 Å². The maximum Gasteiger partial charge on any atom is 0.124 e. The van der Waals surface area contributed by atoms with Crippen molar-refractivity contribution in [1.82, 2.24) is 4.98 Å². The quantitative estimate of drug-likeness (QED) is 0.418. The number of hydrogen-bond donors (Lipinski definition) is 0. The van der Waals surface area contributed by atoms with Crippen molar-refractivity contribution >= 4 is 11.3 Å². The van der Waals surface area contributed by atoms with Gasteiger partial charge in [0, 0.05) is 11.1 Å². The molecular weight excluding hydrogens is 338 g/mol. The van der Waals surface area contributed by atoms with Crippen LogP contribution >= 0.6 is 11.3 Å². The number of thiazole rings is 1. The van der Waals surface area contributed by atoms with Gasteiger partial charge < -0.3 is 4.74 Å². The topological polar surface area (TPSA) is 22.1 Å². The first-order valence-corrected chi connectivity index (χ1v) is 9.34. The summed E-state index contributed by atoms with van der Waals surface area (Å²) in [5.74, 6) is 0.851. The van der Waals surface area contributed by atoms with E-state index in [9.17, 15) is 0 Å². The van der Waals surface area contributed by atoms with Gasteiger partial charge in [-0.2, -0.15) is 0 Å². The first kappa shape index (κ1) is 16.6. The summed E-state index contributed by atoms with van der Waals surface area (Å²) in [6.45, 7) is 2.12. The Morgan fingerprint density at radius 3 is 2.19 bits per heavy atom. The molecule has 0 atom stereocenters. The van der Waals surface area contributed by atoms with Crippen LogP contribution in [0.4, 0.5) is 0 Å². The Labute approximate surface area is 157 Å². The van der Waals surface area contributed by atoms with Crippen molar-refractivity contribution in [2.45, 2.75) is 6.92 Å². The number of nitrogens with zero attached hydrogens (tertiary/aromatic N) is 1. The van der Waals surface area contributed by atoms with Crippen molar-refractivity contribution in [2.75, 3.05) is 7.11 Å². The minimum absolute atomic E-state index is 0.851. The van der Waals surface area contributed by atoms with E-state index in [4.69, 9.17) is 9.72 Å². The van der Waals surface area contributed by atoms with Crippen LogP contribution in [0.1, 0.15) is 5.56 Å². The standard InChI is InChI=1S/C23H19NOS/c1-16-7-6-10-19(15-16)22-21(17-11-13-20(25-2)14-12-17)24-23(26-22)18-8-4-3-5-9-18/h3-15H,1-2H3. The van der Waals surface area contributed by atoms with E-state index in [1.54, 1.807) is 18.4 Å². The Bertz CT molecular complexity index is 1020. The fourth-order valence-corrected chi connectivity index (χ4v) is 4.04. The third kappa shape index (κ3) is 3.26. The molecule has 0 unspecified atom stereocenters. The molecule has 4 aromatic rings. The molecular formula is C23H19NOS. The lowest BCUT2D eigenvalue weighted by atomic mass is 10.1. The van der Waals surface area contributed by atoms with Crippen molar-refractivity contribution in [3.63, 3.8) is 0 Å². The van der Waals surface area contributed by atoms with E-state index in [1.807, 2.05) is 18.2 Å². The van der Waals surface area contributed by atoms with Gasteiger partial charge in [0.25, 0.3) is 0 Å². The van der Waals surface area contributed by atoms with E-state index in [0.717, 1.165) is 27.6 Å². The summed E-state index contributed by atoms with van der Waals surface area (Å²) in [4.78, 5) is 6.18. The van der Waals surface area contributed by atoms with Gasteiger partial charge in [0.1, 0.15) is 10.8 Å². The summed E-state index contributed by atoms with van der Waals surface area (Å²) in [6, 6.07) is 27.1. The van der Waals surface area contributed by atoms with E-state index < -0.39 is 0 Å². The highest BCUT2D eigenvalue weighted by Crippen LogP contribution is 2.41. The smallest absolute Gasteiger partial charge is 0.124 e. The Morgan fingerprint density at radius 1 is 0.769 bits per heavy atom. The molecule has 1 heterocycles. The van der Waals surface area contributed by atoms with Gasteiger partial charge in [-0.05, 0) is 36.8 Å². The number of aryl methyl sites for hydroxylation is 1. The molecule has 0 fully saturated rings. The van der Waals surface area contributed by atoms with Crippen molar-refractivity contribution in [1.29, 1.82) is 0 Å². The second-order valence-electron chi connectivity index (χ2n) is 6.16. The number of benzene rings is 3. The molecule has 0 radical (unpaired) electrons. The minimum atomic E-state index is 0.851. The Morgan fingerprint density at radius 2 is 1.50 bits per heavy atom. The zero-order valence-electron chi connectivity index (χ0n) is 14.8. The molecule has 3 aromatic carbocycles. The van der Waals surface area contributed by atoms with Gasteiger partial charge in [0.05, 0.1) is 17.7 Å². The molecule has 0 saturated carbocycles. The fraction of sp³-hybridized carbons (Fsp3) is 0.0870. The highest BCUT2D eigenvalue weighted by atomic mass is 32.1. The molecule has 0 spiro atoms. The zero-order chi connectivity index (χ0) is 17.9. The fourth-order valence-electron chi connectivity index (χ4n) is 2.95. The van der Waals surface area contributed by atoms with Crippen molar-refractivity contribution in [2.24, 2.45) is 0 Å². The van der Waals surface area contributed by atoms with E-state index >= 15 is 0 Å². The maximum absolute atomic E-state index is 5.29. The van der Waals surface area contributed by atoms with Crippen LogP contribution in [0.25, 0.3) is 32.3 Å². The number of aromatic nitrogens is 1. The molecule has 4 rings (SSSR count). The van der Waals surface area contributed by atoms with E-state index in [0.29, 0.717) is 0 Å². The molecule has 0 aliphatic rings. The highest BCUT2D eigenvalue weighted by molar-refractivity contribution is 7.19. The summed E-state index contributed by atoms with van der Waals surface area (Å²) < 4.78 is 5.29. The normalized spacial score (nSPS) is 10.7. The van der Waals surface area contributed by atoms with E-state index in [1.165, 1.54) is 16.0 Å². The molecule has 1 aromatic heterocycles. The Kier molecular flexibility index (Phi) is 4.55. The first-order chi connectivity index (χ1) is 12.7. The van der Waals surface area contributed by atoms with Gasteiger partial charge in [-0.15, -0.1) is 11.3 Å². The van der Waals surface area contributed by atoms with Gasteiger partial charge in [-0.1, -0.05) is 60.2 Å². The van der Waals surface area contributed by atoms with Gasteiger partial charge in [0.2, 0.25) is 0 Å². The van der Waals surface area contributed by atoms with E-state index in [2.05, 4.69) is 67.6 Å². The molecule has 2 nitrogen and oxygen atoms in total. The Balaban J connectivity index is 1.88. The predicted molar refractivity (Wildman–Crippen MR) is 110 cm³/mol. The average molecular weight is 357 g/mol. The van der Waals surface area contributed by atoms with Crippen LogP contribution in [0.5, 0.6) is 5.75 Å². The number of rotatable bonds is 4. The van der Waals surface area contributed by atoms with Crippen LogP contribution in [0.15, 0.2) is 78.9 Å². The molecule has 3 heteroatoms. The summed E-state index contributed by atoms with van der Waals surface area (Å²) in [7, 11) is 1.68. The van der Waals surface area contributed by atoms with Crippen LogP contribution < -0.4 is 4.74 Å². The van der Waals surface area contributed by atoms with E-state index in [-0.39, 0.29) is 0 Å². The van der Waals surface area contributed by atoms with Crippen molar-refractivity contribution in [3.8, 4) is 38.0 Å². The Hall–Kier alpha value is -2.91. The first-order valence-electron chi connectivity index (χ1n) is 8.52. The predicted octanol–water partition coefficient (Wildman–Crippen LogP) is 6.46. The average Bonchev–Trinajstić information content (AvgIpc) is 3.14. The SMILES string of the molecule is COc1ccc(-c2nc(-c3ccccc3)sc2-c2cccc(C)c2)cc1. The van der Waals surface area contributed by atoms with Crippen LogP contribution in [0.2, 0.25) is 0 Å². The highest BCUT2D eigenvalue weighted by Gasteiger charge is 2.16. The third-order valence-corrected chi connectivity index (χ3v) is 5.45. The second-order valence-corrected chi connectivity index (χ2v) is 7.16. The van der Waals surface area contributed by atoms with Gasteiger partial charge >= 0.3 is 0 Å². The van der Waals surface area contributed by atoms with Crippen LogP contribution in [0.3, 0.4) is 0 Å². The minimum Gasteiger partial charge on any atom is -0.497 e. The number of ether oxygens (including phenoxy) is 1. The lowest BCUT2D eigenvalue weighted by Gasteiger charge is -2.05. The lowest BCUT2D eigenvalue weighted by Crippen LogP contribution is -1.85. The zero-order valence-corrected chi connectivity index (χ0v) is 15.6. The summed E-state index contributed by atoms with van der Waals surface area (Å²) >= 11 is 1.74. The molecule has 26 heavy (non-hydrogen) atoms. The molecule has 0 bridgehead atoms. The van der Waals surface area contributed by atoms with Crippen molar-refractivity contribution < 1.29 is 4.74 Å². The number of hydrogen-bond acceptors (Lipinski definition) is 3. The largest absolute Gasteiger partial charge is 0.497 e. The summed E-state index contributed by atoms with van der Waals surface area (Å²) in [6.07, 6.45) is 0. The molecule has 0 amide bonds. The molecule has 0 saturated heterocycles. The lowest BCUT2D eigenvalue weighted by molar-refractivity contribution is 0.415. The van der Waals surface area contributed by atoms with Crippen LogP contribution in [-0.4, -0.2) is 12.1 Å². The van der Waals surface area contributed by atoms with Crippen molar-refractivity contribution in [3.05, 3.63) is 84.4 Å².